The van der Waals surface area contributed by atoms with Crippen molar-refractivity contribution in [2.75, 3.05) is 7.11 Å². The van der Waals surface area contributed by atoms with Crippen LogP contribution in [0.2, 0.25) is 0 Å². The van der Waals surface area contributed by atoms with Crippen molar-refractivity contribution in [1.82, 2.24) is 0 Å². The van der Waals surface area contributed by atoms with Crippen molar-refractivity contribution in [2.45, 2.75) is 13.3 Å². The highest BCUT2D eigenvalue weighted by atomic mass is 16.5. The summed E-state index contributed by atoms with van der Waals surface area (Å²) >= 11 is 0. The number of methoxy groups -OCH3 is 1. The minimum absolute atomic E-state index is 0.918. The van der Waals surface area contributed by atoms with Gasteiger partial charge in [0.1, 0.15) is 5.75 Å². The molecular weight excluding hydrogens is 436 g/mol. The van der Waals surface area contributed by atoms with Crippen molar-refractivity contribution in [3.63, 3.8) is 0 Å². The monoisotopic (exact) mass is 462 g/mol. The first-order valence-electron chi connectivity index (χ1n) is 12.6. The maximum Gasteiger partial charge on any atom is 0.122 e. The molecule has 0 bridgehead atoms. The summed E-state index contributed by atoms with van der Waals surface area (Å²) in [6.07, 6.45) is 0.918. The van der Waals surface area contributed by atoms with Crippen molar-refractivity contribution in [3.05, 3.63) is 115 Å². The molecule has 6 aromatic rings. The molecule has 0 saturated heterocycles. The van der Waals surface area contributed by atoms with Gasteiger partial charge in [0, 0.05) is 0 Å². The normalized spacial score (nSPS) is 11.7. The molecule has 172 valence electrons. The van der Waals surface area contributed by atoms with Crippen molar-refractivity contribution in [2.24, 2.45) is 0 Å². The molecule has 0 N–H and O–H groups in total. The molecule has 1 aliphatic rings. The van der Waals surface area contributed by atoms with Crippen LogP contribution in [-0.4, -0.2) is 7.11 Å². The zero-order valence-electron chi connectivity index (χ0n) is 20.5. The van der Waals surface area contributed by atoms with E-state index in [0.29, 0.717) is 0 Å². The van der Waals surface area contributed by atoms with Crippen LogP contribution in [0.4, 0.5) is 0 Å². The van der Waals surface area contributed by atoms with E-state index >= 15 is 0 Å². The predicted octanol–water partition coefficient (Wildman–Crippen LogP) is 9.55. The molecule has 7 rings (SSSR count). The van der Waals surface area contributed by atoms with Crippen LogP contribution < -0.4 is 4.74 Å². The molecule has 0 heterocycles. The predicted molar refractivity (Wildman–Crippen MR) is 153 cm³/mol. The van der Waals surface area contributed by atoms with Gasteiger partial charge in [-0.15, -0.1) is 0 Å². The van der Waals surface area contributed by atoms with E-state index in [-0.39, 0.29) is 0 Å². The average Bonchev–Trinajstić information content (AvgIpc) is 3.27. The third-order valence-electron chi connectivity index (χ3n) is 7.66. The number of aryl methyl sites for hydroxylation is 1. The van der Waals surface area contributed by atoms with E-state index in [4.69, 9.17) is 4.74 Å². The van der Waals surface area contributed by atoms with Crippen LogP contribution in [0.3, 0.4) is 0 Å². The van der Waals surface area contributed by atoms with Gasteiger partial charge in [0.25, 0.3) is 0 Å². The van der Waals surface area contributed by atoms with Crippen molar-refractivity contribution >= 4 is 21.5 Å². The van der Waals surface area contributed by atoms with Gasteiger partial charge < -0.3 is 4.74 Å². The van der Waals surface area contributed by atoms with Gasteiger partial charge in [0.2, 0.25) is 0 Å². The average molecular weight is 463 g/mol. The van der Waals surface area contributed by atoms with Gasteiger partial charge in [0.15, 0.2) is 0 Å². The fraction of sp³-hybridized carbons (Fsp3) is 0.0857. The lowest BCUT2D eigenvalue weighted by Crippen LogP contribution is -1.97. The standard InChI is InChI=1S/C35H26O/c1-3-22-20-28-29(21-30(22)36-2)33(25-14-8-5-9-15-25)35-27-19-11-17-23-16-10-18-26(31(23)27)34(35)32(28)24-12-6-4-7-13-24/h4-21H,3H2,1-2H3. The summed E-state index contributed by atoms with van der Waals surface area (Å²) in [5.41, 5.74) is 11.6. The summed E-state index contributed by atoms with van der Waals surface area (Å²) in [5, 5.41) is 5.15. The second kappa shape index (κ2) is 8.10. The first kappa shape index (κ1) is 21.0. The minimum Gasteiger partial charge on any atom is -0.496 e. The molecule has 0 aliphatic heterocycles. The third-order valence-corrected chi connectivity index (χ3v) is 7.66. The Labute approximate surface area is 211 Å². The van der Waals surface area contributed by atoms with E-state index in [1.54, 1.807) is 7.11 Å². The van der Waals surface area contributed by atoms with Crippen LogP contribution in [0.5, 0.6) is 5.75 Å². The highest BCUT2D eigenvalue weighted by Crippen LogP contribution is 2.58. The maximum atomic E-state index is 5.92. The summed E-state index contributed by atoms with van der Waals surface area (Å²) in [7, 11) is 1.78. The number of hydrogen-bond donors (Lipinski definition) is 0. The second-order valence-corrected chi connectivity index (χ2v) is 9.50. The van der Waals surface area contributed by atoms with E-state index in [2.05, 4.69) is 116 Å². The molecule has 1 aliphatic carbocycles. The molecule has 0 unspecified atom stereocenters. The number of ether oxygens (including phenoxy) is 1. The van der Waals surface area contributed by atoms with E-state index in [1.807, 2.05) is 0 Å². The molecule has 0 saturated carbocycles. The zero-order chi connectivity index (χ0) is 24.2. The fourth-order valence-electron chi connectivity index (χ4n) is 6.13. The first-order valence-corrected chi connectivity index (χ1v) is 12.6. The summed E-state index contributed by atoms with van der Waals surface area (Å²) in [4.78, 5) is 0. The largest absolute Gasteiger partial charge is 0.496 e. The van der Waals surface area contributed by atoms with Gasteiger partial charge >= 0.3 is 0 Å². The molecule has 0 fully saturated rings. The summed E-state index contributed by atoms with van der Waals surface area (Å²) in [6, 6.07) is 39.8. The van der Waals surface area contributed by atoms with Gasteiger partial charge in [-0.3, -0.25) is 0 Å². The quantitative estimate of drug-likeness (QED) is 0.253. The van der Waals surface area contributed by atoms with Gasteiger partial charge in [-0.2, -0.15) is 0 Å². The van der Waals surface area contributed by atoms with Crippen molar-refractivity contribution < 1.29 is 4.74 Å². The maximum absolute atomic E-state index is 5.92. The Morgan fingerprint density at radius 3 is 1.58 bits per heavy atom. The highest BCUT2D eigenvalue weighted by molar-refractivity contribution is 6.27. The summed E-state index contributed by atoms with van der Waals surface area (Å²) < 4.78 is 5.92. The Kier molecular flexibility index (Phi) is 4.72. The molecule has 0 radical (unpaired) electrons. The Balaban J connectivity index is 1.78. The topological polar surface area (TPSA) is 9.23 Å². The molecule has 1 nitrogen and oxygen atoms in total. The van der Waals surface area contributed by atoms with Crippen LogP contribution in [0, 0.1) is 0 Å². The van der Waals surface area contributed by atoms with Gasteiger partial charge in [-0.05, 0) is 90.2 Å². The van der Waals surface area contributed by atoms with Crippen LogP contribution >= 0.6 is 0 Å². The molecule has 0 atom stereocenters. The van der Waals surface area contributed by atoms with E-state index < -0.39 is 0 Å². The molecule has 0 amide bonds. The van der Waals surface area contributed by atoms with E-state index in [0.717, 1.165) is 12.2 Å². The fourth-order valence-corrected chi connectivity index (χ4v) is 6.13. The third kappa shape index (κ3) is 2.90. The second-order valence-electron chi connectivity index (χ2n) is 9.50. The minimum atomic E-state index is 0.918. The lowest BCUT2D eigenvalue weighted by molar-refractivity contribution is 0.411. The van der Waals surface area contributed by atoms with E-state index in [1.165, 1.54) is 71.6 Å². The van der Waals surface area contributed by atoms with Crippen LogP contribution in [0.1, 0.15) is 12.5 Å². The Morgan fingerprint density at radius 2 is 1.08 bits per heavy atom. The SMILES string of the molecule is CCc1cc2c(-c3ccccc3)c3c(c(-c4ccccc4)c2cc1OC)-c1cccc2cccc-3c12. The molecule has 0 spiro atoms. The first-order chi connectivity index (χ1) is 17.8. The summed E-state index contributed by atoms with van der Waals surface area (Å²) in [6.45, 7) is 2.20. The van der Waals surface area contributed by atoms with Crippen LogP contribution in [-0.2, 0) is 6.42 Å². The number of fused-ring (bicyclic) bond motifs is 4. The molecule has 6 aromatic carbocycles. The Bertz CT molecular complexity index is 1650. The van der Waals surface area contributed by atoms with E-state index in [9.17, 15) is 0 Å². The lowest BCUT2D eigenvalue weighted by Gasteiger charge is -2.22. The van der Waals surface area contributed by atoms with Gasteiger partial charge in [0.05, 0.1) is 7.11 Å². The van der Waals surface area contributed by atoms with Crippen LogP contribution in [0.15, 0.2) is 109 Å². The molecule has 0 aromatic heterocycles. The molecular formula is C35H26O. The molecule has 36 heavy (non-hydrogen) atoms. The highest BCUT2D eigenvalue weighted by Gasteiger charge is 2.30. The Morgan fingerprint density at radius 1 is 0.556 bits per heavy atom. The van der Waals surface area contributed by atoms with Gasteiger partial charge in [-0.25, -0.2) is 0 Å². The van der Waals surface area contributed by atoms with Crippen molar-refractivity contribution in [1.29, 1.82) is 0 Å². The summed E-state index contributed by atoms with van der Waals surface area (Å²) in [5.74, 6) is 0.954. The molecule has 1 heteroatoms. The van der Waals surface area contributed by atoms with Crippen molar-refractivity contribution in [3.8, 4) is 50.3 Å². The zero-order valence-corrected chi connectivity index (χ0v) is 20.5. The van der Waals surface area contributed by atoms with Gasteiger partial charge in [-0.1, -0.05) is 104 Å². The number of rotatable bonds is 4. The van der Waals surface area contributed by atoms with Crippen LogP contribution in [0.25, 0.3) is 66.1 Å². The number of benzene rings is 6. The lowest BCUT2D eigenvalue weighted by atomic mass is 9.82. The number of hydrogen-bond acceptors (Lipinski definition) is 1. The Hall–Kier alpha value is -4.36. The smallest absolute Gasteiger partial charge is 0.122 e.